The smallest absolute Gasteiger partial charge is 0.333 e. The fourth-order valence-electron chi connectivity index (χ4n) is 0.689. The van der Waals surface area contributed by atoms with Gasteiger partial charge < -0.3 is 14.6 Å². The summed E-state index contributed by atoms with van der Waals surface area (Å²) >= 11 is 0. The van der Waals surface area contributed by atoms with Crippen LogP contribution in [0.4, 0.5) is 0 Å². The van der Waals surface area contributed by atoms with Crippen molar-refractivity contribution in [1.29, 1.82) is 0 Å². The Labute approximate surface area is 90.9 Å². The zero-order chi connectivity index (χ0) is 12.1. The van der Waals surface area contributed by atoms with Gasteiger partial charge in [-0.3, -0.25) is 0 Å². The van der Waals surface area contributed by atoms with Crippen molar-refractivity contribution in [2.24, 2.45) is 0 Å². The summed E-state index contributed by atoms with van der Waals surface area (Å²) in [5, 5.41) is 9.41. The normalized spacial score (nSPS) is 13.4. The minimum atomic E-state index is -0.799. The Balaban J connectivity index is 3.71. The van der Waals surface area contributed by atoms with Crippen LogP contribution in [0.2, 0.25) is 0 Å². The number of carbonyl (C=O) groups excluding carboxylic acids is 1. The molecule has 1 atom stereocenters. The van der Waals surface area contributed by atoms with Crippen LogP contribution in [-0.4, -0.2) is 36.0 Å². The van der Waals surface area contributed by atoms with E-state index >= 15 is 0 Å². The van der Waals surface area contributed by atoms with Crippen molar-refractivity contribution in [2.45, 2.75) is 39.4 Å². The molecule has 0 rings (SSSR count). The van der Waals surface area contributed by atoms with Crippen LogP contribution in [0.1, 0.15) is 27.7 Å². The maximum absolute atomic E-state index is 11.0. The second-order valence-corrected chi connectivity index (χ2v) is 4.46. The van der Waals surface area contributed by atoms with E-state index in [1.807, 2.05) is 20.8 Å². The van der Waals surface area contributed by atoms with Crippen molar-refractivity contribution in [3.63, 3.8) is 0 Å². The number of hydrogen-bond donors (Lipinski definition) is 1. The van der Waals surface area contributed by atoms with Crippen molar-refractivity contribution in [3.8, 4) is 0 Å². The first-order valence-corrected chi connectivity index (χ1v) is 4.87. The van der Waals surface area contributed by atoms with E-state index < -0.39 is 12.1 Å². The molecule has 0 aromatic heterocycles. The largest absolute Gasteiger partial charge is 0.460 e. The molecule has 4 nitrogen and oxygen atoms in total. The van der Waals surface area contributed by atoms with Crippen LogP contribution in [0.3, 0.4) is 0 Å². The van der Waals surface area contributed by atoms with E-state index in [2.05, 4.69) is 6.58 Å². The van der Waals surface area contributed by atoms with Gasteiger partial charge in [0.25, 0.3) is 0 Å². The summed E-state index contributed by atoms with van der Waals surface area (Å²) in [6.45, 7) is 10.7. The van der Waals surface area contributed by atoms with Crippen LogP contribution in [0.15, 0.2) is 12.2 Å². The average Bonchev–Trinajstić information content (AvgIpc) is 2.09. The van der Waals surface area contributed by atoms with Crippen LogP contribution in [0.5, 0.6) is 0 Å². The van der Waals surface area contributed by atoms with Crippen LogP contribution in [-0.2, 0) is 14.3 Å². The van der Waals surface area contributed by atoms with E-state index in [0.29, 0.717) is 5.57 Å². The fourth-order valence-corrected chi connectivity index (χ4v) is 0.689. The Bertz CT molecular complexity index is 227. The van der Waals surface area contributed by atoms with Gasteiger partial charge in [-0.1, -0.05) is 6.58 Å². The molecular weight excluding hydrogens is 196 g/mol. The molecule has 0 saturated heterocycles. The molecular formula is C11H20O4. The van der Waals surface area contributed by atoms with E-state index in [4.69, 9.17) is 9.47 Å². The number of aliphatic hydroxyl groups excluding tert-OH is 1. The van der Waals surface area contributed by atoms with Gasteiger partial charge in [0.15, 0.2) is 0 Å². The number of esters is 1. The van der Waals surface area contributed by atoms with Gasteiger partial charge in [0, 0.05) is 5.57 Å². The summed E-state index contributed by atoms with van der Waals surface area (Å²) in [5.74, 6) is -0.496. The number of carbonyl (C=O) groups is 1. The first-order chi connectivity index (χ1) is 6.72. The first-order valence-electron chi connectivity index (χ1n) is 4.87. The van der Waals surface area contributed by atoms with Gasteiger partial charge in [-0.05, 0) is 27.7 Å². The fraction of sp³-hybridized carbons (Fsp3) is 0.727. The van der Waals surface area contributed by atoms with Crippen molar-refractivity contribution in [2.75, 3.05) is 13.2 Å². The van der Waals surface area contributed by atoms with Crippen molar-refractivity contribution in [3.05, 3.63) is 12.2 Å². The standard InChI is InChI=1S/C11H20O4/c1-8(2)10(13)14-6-9(12)7-15-11(3,4)5/h9,12H,1,6-7H2,2-5H3. The van der Waals surface area contributed by atoms with E-state index in [-0.39, 0.29) is 18.8 Å². The Hall–Kier alpha value is -0.870. The minimum absolute atomic E-state index is 0.0677. The van der Waals surface area contributed by atoms with E-state index in [9.17, 15) is 9.90 Å². The lowest BCUT2D eigenvalue weighted by molar-refractivity contribution is -0.144. The van der Waals surface area contributed by atoms with Gasteiger partial charge in [0.2, 0.25) is 0 Å². The highest BCUT2D eigenvalue weighted by atomic mass is 16.6. The summed E-state index contributed by atoms with van der Waals surface area (Å²) in [7, 11) is 0. The summed E-state index contributed by atoms with van der Waals surface area (Å²) in [6.07, 6.45) is -0.799. The second-order valence-electron chi connectivity index (χ2n) is 4.46. The predicted octanol–water partition coefficient (Wildman–Crippen LogP) is 1.28. The molecule has 0 aromatic rings. The van der Waals surface area contributed by atoms with Gasteiger partial charge >= 0.3 is 5.97 Å². The number of aliphatic hydroxyl groups is 1. The number of rotatable bonds is 5. The predicted molar refractivity (Wildman–Crippen MR) is 57.5 cm³/mol. The highest BCUT2D eigenvalue weighted by molar-refractivity contribution is 5.86. The summed E-state index contributed by atoms with van der Waals surface area (Å²) in [6, 6.07) is 0. The lowest BCUT2D eigenvalue weighted by atomic mass is 10.2. The molecule has 0 radical (unpaired) electrons. The molecule has 1 N–H and O–H groups in total. The lowest BCUT2D eigenvalue weighted by Gasteiger charge is -2.21. The Kier molecular flexibility index (Phi) is 5.54. The SMILES string of the molecule is C=C(C)C(=O)OCC(O)COC(C)(C)C. The highest BCUT2D eigenvalue weighted by Crippen LogP contribution is 2.07. The molecule has 0 fully saturated rings. The van der Waals surface area contributed by atoms with Gasteiger partial charge in [0.1, 0.15) is 12.7 Å². The molecule has 1 unspecified atom stereocenters. The van der Waals surface area contributed by atoms with E-state index in [1.165, 1.54) is 0 Å². The highest BCUT2D eigenvalue weighted by Gasteiger charge is 2.15. The molecule has 0 aliphatic heterocycles. The first kappa shape index (κ1) is 14.1. The van der Waals surface area contributed by atoms with Crippen LogP contribution in [0.25, 0.3) is 0 Å². The maximum Gasteiger partial charge on any atom is 0.333 e. The monoisotopic (exact) mass is 216 g/mol. The average molecular weight is 216 g/mol. The molecule has 0 spiro atoms. The molecule has 0 amide bonds. The molecule has 4 heteroatoms. The number of hydrogen-bond acceptors (Lipinski definition) is 4. The zero-order valence-corrected chi connectivity index (χ0v) is 9.87. The third-order valence-electron chi connectivity index (χ3n) is 1.46. The molecule has 0 aliphatic rings. The maximum atomic E-state index is 11.0. The zero-order valence-electron chi connectivity index (χ0n) is 9.87. The van der Waals surface area contributed by atoms with Crippen LogP contribution >= 0.6 is 0 Å². The van der Waals surface area contributed by atoms with Crippen LogP contribution < -0.4 is 0 Å². The molecule has 88 valence electrons. The Morgan fingerprint density at radius 1 is 1.40 bits per heavy atom. The second kappa shape index (κ2) is 5.88. The van der Waals surface area contributed by atoms with Crippen LogP contribution in [0, 0.1) is 0 Å². The molecule has 15 heavy (non-hydrogen) atoms. The minimum Gasteiger partial charge on any atom is -0.460 e. The molecule has 0 bridgehead atoms. The topological polar surface area (TPSA) is 55.8 Å². The third kappa shape index (κ3) is 8.15. The van der Waals surface area contributed by atoms with E-state index in [0.717, 1.165) is 0 Å². The summed E-state index contributed by atoms with van der Waals surface area (Å²) in [5.41, 5.74) is 0.0123. The Morgan fingerprint density at radius 3 is 2.33 bits per heavy atom. The molecule has 0 heterocycles. The van der Waals surface area contributed by atoms with Gasteiger partial charge in [0.05, 0.1) is 12.2 Å². The van der Waals surface area contributed by atoms with Gasteiger partial charge in [-0.2, -0.15) is 0 Å². The summed E-state index contributed by atoms with van der Waals surface area (Å²) in [4.78, 5) is 11.0. The van der Waals surface area contributed by atoms with E-state index in [1.54, 1.807) is 6.92 Å². The lowest BCUT2D eigenvalue weighted by Crippen LogP contribution is -2.29. The van der Waals surface area contributed by atoms with Crippen molar-refractivity contribution in [1.82, 2.24) is 0 Å². The van der Waals surface area contributed by atoms with Crippen molar-refractivity contribution < 1.29 is 19.4 Å². The molecule has 0 saturated carbocycles. The van der Waals surface area contributed by atoms with Gasteiger partial charge in [-0.15, -0.1) is 0 Å². The summed E-state index contributed by atoms with van der Waals surface area (Å²) < 4.78 is 10.1. The molecule has 0 aliphatic carbocycles. The number of ether oxygens (including phenoxy) is 2. The third-order valence-corrected chi connectivity index (χ3v) is 1.46. The molecule has 0 aromatic carbocycles. The Morgan fingerprint density at radius 2 is 1.93 bits per heavy atom. The quantitative estimate of drug-likeness (QED) is 0.555. The van der Waals surface area contributed by atoms with Gasteiger partial charge in [-0.25, -0.2) is 4.79 Å². The van der Waals surface area contributed by atoms with Crippen molar-refractivity contribution >= 4 is 5.97 Å².